The maximum absolute atomic E-state index is 13.7. The van der Waals surface area contributed by atoms with Crippen LogP contribution in [0.5, 0.6) is 5.75 Å². The number of benzene rings is 3. The molecule has 0 radical (unpaired) electrons. The van der Waals surface area contributed by atoms with Gasteiger partial charge in [0.15, 0.2) is 10.9 Å². The van der Waals surface area contributed by atoms with E-state index in [0.717, 1.165) is 28.9 Å². The smallest absolute Gasteiger partial charge is 0.260 e. The maximum Gasteiger partial charge on any atom is 0.260 e. The number of hydrogen-bond acceptors (Lipinski definition) is 6. The molecular weight excluding hydrogens is 472 g/mol. The van der Waals surface area contributed by atoms with Gasteiger partial charge in [0.1, 0.15) is 5.75 Å². The van der Waals surface area contributed by atoms with E-state index < -0.39 is 0 Å². The summed E-state index contributed by atoms with van der Waals surface area (Å²) < 4.78 is 8.27. The quantitative estimate of drug-likeness (QED) is 0.253. The molecule has 5 rings (SSSR count). The van der Waals surface area contributed by atoms with Gasteiger partial charge in [-0.15, -0.1) is 0 Å². The molecule has 0 saturated carbocycles. The van der Waals surface area contributed by atoms with Crippen LogP contribution in [-0.2, 0) is 6.54 Å². The first-order chi connectivity index (χ1) is 17.6. The van der Waals surface area contributed by atoms with E-state index in [1.165, 1.54) is 11.3 Å². The van der Waals surface area contributed by atoms with Crippen LogP contribution in [0.25, 0.3) is 10.2 Å². The molecule has 0 aliphatic heterocycles. The van der Waals surface area contributed by atoms with E-state index in [-0.39, 0.29) is 11.7 Å². The van der Waals surface area contributed by atoms with E-state index in [1.807, 2.05) is 47.2 Å². The van der Waals surface area contributed by atoms with Crippen LogP contribution in [-0.4, -0.2) is 39.9 Å². The molecule has 0 N–H and O–H groups in total. The normalized spacial score (nSPS) is 10.9. The number of methoxy groups -OCH3 is 1. The van der Waals surface area contributed by atoms with Gasteiger partial charge in [0.2, 0.25) is 0 Å². The van der Waals surface area contributed by atoms with Crippen molar-refractivity contribution in [3.05, 3.63) is 108 Å². The van der Waals surface area contributed by atoms with E-state index in [1.54, 1.807) is 60.9 Å². The van der Waals surface area contributed by atoms with Gasteiger partial charge < -0.3 is 9.30 Å². The van der Waals surface area contributed by atoms with E-state index in [0.29, 0.717) is 28.4 Å². The highest BCUT2D eigenvalue weighted by atomic mass is 32.1. The molecule has 8 heteroatoms. The second-order valence-corrected chi connectivity index (χ2v) is 9.22. The lowest BCUT2D eigenvalue weighted by Gasteiger charge is -2.20. The molecule has 0 fully saturated rings. The van der Waals surface area contributed by atoms with Crippen LogP contribution in [0.3, 0.4) is 0 Å². The topological polar surface area (TPSA) is 77.3 Å². The molecule has 2 heterocycles. The number of aromatic nitrogens is 3. The number of carbonyl (C=O) groups excluding carboxylic acids is 2. The number of aryl methyl sites for hydroxylation is 1. The molecule has 36 heavy (non-hydrogen) atoms. The molecule has 3 aromatic carbocycles. The Morgan fingerprint density at radius 3 is 2.44 bits per heavy atom. The van der Waals surface area contributed by atoms with E-state index in [9.17, 15) is 9.59 Å². The van der Waals surface area contributed by atoms with Crippen molar-refractivity contribution in [2.45, 2.75) is 13.0 Å². The second-order valence-electron chi connectivity index (χ2n) is 8.21. The second kappa shape index (κ2) is 10.5. The van der Waals surface area contributed by atoms with Gasteiger partial charge in [0, 0.05) is 42.2 Å². The number of anilines is 1. The first kappa shape index (κ1) is 23.4. The molecule has 0 unspecified atom stereocenters. The lowest BCUT2D eigenvalue weighted by Crippen LogP contribution is -2.32. The van der Waals surface area contributed by atoms with Gasteiger partial charge in [-0.2, -0.15) is 0 Å². The van der Waals surface area contributed by atoms with Crippen molar-refractivity contribution in [2.24, 2.45) is 0 Å². The summed E-state index contributed by atoms with van der Waals surface area (Å²) in [6.07, 6.45) is 6.13. The molecule has 0 aliphatic rings. The Hall–Kier alpha value is -4.30. The standard InChI is InChI=1S/C28H24N4O3S/c1-35-23-12-13-24-25(18-23)36-28(30-24)32(16-5-15-31-17-14-29-19-31)27(34)22-10-8-21(9-11-22)26(33)20-6-3-2-4-7-20/h2-4,6-14,17-19H,5,15-16H2,1H3. The van der Waals surface area contributed by atoms with Crippen molar-refractivity contribution < 1.29 is 14.3 Å². The van der Waals surface area contributed by atoms with E-state index in [4.69, 9.17) is 9.72 Å². The Labute approximate surface area is 212 Å². The minimum absolute atomic E-state index is 0.0769. The Bertz CT molecular complexity index is 1480. The average molecular weight is 497 g/mol. The van der Waals surface area contributed by atoms with E-state index >= 15 is 0 Å². The van der Waals surface area contributed by atoms with Crippen molar-refractivity contribution in [1.29, 1.82) is 0 Å². The van der Waals surface area contributed by atoms with Crippen LogP contribution in [0.2, 0.25) is 0 Å². The Kier molecular flexibility index (Phi) is 6.86. The lowest BCUT2D eigenvalue weighted by atomic mass is 10.0. The fourth-order valence-corrected chi connectivity index (χ4v) is 4.94. The number of hydrogen-bond donors (Lipinski definition) is 0. The van der Waals surface area contributed by atoms with Gasteiger partial charge in [0.05, 0.1) is 23.7 Å². The molecule has 0 atom stereocenters. The van der Waals surface area contributed by atoms with Gasteiger partial charge in [-0.3, -0.25) is 14.5 Å². The summed E-state index contributed by atoms with van der Waals surface area (Å²) in [6.45, 7) is 1.21. The third-order valence-electron chi connectivity index (χ3n) is 5.85. The van der Waals surface area contributed by atoms with Crippen molar-refractivity contribution in [1.82, 2.24) is 14.5 Å². The van der Waals surface area contributed by atoms with E-state index in [2.05, 4.69) is 4.98 Å². The molecule has 2 aromatic heterocycles. The largest absolute Gasteiger partial charge is 0.497 e. The van der Waals surface area contributed by atoms with Gasteiger partial charge in [-0.1, -0.05) is 53.8 Å². The first-order valence-corrected chi connectivity index (χ1v) is 12.4. The zero-order valence-electron chi connectivity index (χ0n) is 19.7. The fourth-order valence-electron chi connectivity index (χ4n) is 3.93. The van der Waals surface area contributed by atoms with Gasteiger partial charge in [-0.25, -0.2) is 9.97 Å². The third-order valence-corrected chi connectivity index (χ3v) is 6.89. The zero-order chi connectivity index (χ0) is 24.9. The average Bonchev–Trinajstić information content (AvgIpc) is 3.60. The number of imidazole rings is 1. The van der Waals surface area contributed by atoms with Gasteiger partial charge in [0.25, 0.3) is 5.91 Å². The summed E-state index contributed by atoms with van der Waals surface area (Å²) in [6, 6.07) is 21.6. The van der Waals surface area contributed by atoms with Crippen LogP contribution in [0.1, 0.15) is 32.7 Å². The summed E-state index contributed by atoms with van der Waals surface area (Å²) in [5.41, 5.74) is 2.46. The number of amides is 1. The molecule has 0 bridgehead atoms. The Morgan fingerprint density at radius 2 is 1.72 bits per heavy atom. The fraction of sp³-hybridized carbons (Fsp3) is 0.143. The van der Waals surface area contributed by atoms with Crippen LogP contribution in [0, 0.1) is 0 Å². The number of fused-ring (bicyclic) bond motifs is 1. The van der Waals surface area contributed by atoms with Gasteiger partial charge in [-0.05, 0) is 36.8 Å². The summed E-state index contributed by atoms with van der Waals surface area (Å²) in [5, 5.41) is 0.623. The van der Waals surface area contributed by atoms with Crippen molar-refractivity contribution in [3.8, 4) is 5.75 Å². The number of ether oxygens (including phenoxy) is 1. The van der Waals surface area contributed by atoms with Crippen LogP contribution < -0.4 is 9.64 Å². The minimum atomic E-state index is -0.162. The predicted octanol–water partition coefficient (Wildman–Crippen LogP) is 5.47. The monoisotopic (exact) mass is 496 g/mol. The van der Waals surface area contributed by atoms with Gasteiger partial charge >= 0.3 is 0 Å². The molecular formula is C28H24N4O3S. The third kappa shape index (κ3) is 5.04. The van der Waals surface area contributed by atoms with Crippen molar-refractivity contribution >= 4 is 38.4 Å². The number of thiazole rings is 1. The van der Waals surface area contributed by atoms with Crippen LogP contribution in [0.15, 0.2) is 91.5 Å². The maximum atomic E-state index is 13.7. The summed E-state index contributed by atoms with van der Waals surface area (Å²) in [4.78, 5) is 36.9. The molecule has 7 nitrogen and oxygen atoms in total. The number of nitrogens with zero attached hydrogens (tertiary/aromatic N) is 4. The number of rotatable bonds is 9. The summed E-state index contributed by atoms with van der Waals surface area (Å²) in [7, 11) is 1.63. The van der Waals surface area contributed by atoms with Crippen LogP contribution in [0.4, 0.5) is 5.13 Å². The Morgan fingerprint density at radius 1 is 0.972 bits per heavy atom. The molecule has 1 amide bonds. The highest BCUT2D eigenvalue weighted by Gasteiger charge is 2.22. The first-order valence-electron chi connectivity index (χ1n) is 11.5. The molecule has 0 spiro atoms. The zero-order valence-corrected chi connectivity index (χ0v) is 20.5. The summed E-state index contributed by atoms with van der Waals surface area (Å²) >= 11 is 1.45. The Balaban J connectivity index is 1.41. The van der Waals surface area contributed by atoms with Crippen molar-refractivity contribution in [3.63, 3.8) is 0 Å². The van der Waals surface area contributed by atoms with Crippen LogP contribution >= 0.6 is 11.3 Å². The number of ketones is 1. The molecule has 5 aromatic rings. The SMILES string of the molecule is COc1ccc2nc(N(CCCn3ccnc3)C(=O)c3ccc(C(=O)c4ccccc4)cc3)sc2c1. The minimum Gasteiger partial charge on any atom is -0.497 e. The highest BCUT2D eigenvalue weighted by molar-refractivity contribution is 7.22. The van der Waals surface area contributed by atoms with Crippen molar-refractivity contribution in [2.75, 3.05) is 18.6 Å². The lowest BCUT2D eigenvalue weighted by molar-refractivity contribution is 0.0984. The molecule has 180 valence electrons. The predicted molar refractivity (Wildman–Crippen MR) is 141 cm³/mol. The summed E-state index contributed by atoms with van der Waals surface area (Å²) in [5.74, 6) is 0.506. The molecule has 0 saturated heterocycles. The molecule has 0 aliphatic carbocycles. The highest BCUT2D eigenvalue weighted by Crippen LogP contribution is 2.32. The number of carbonyl (C=O) groups is 2.